The lowest BCUT2D eigenvalue weighted by Gasteiger charge is -2.23. The number of rotatable bonds is 3. The number of aromatic nitrogens is 2. The first-order valence-electron chi connectivity index (χ1n) is 8.98. The zero-order valence-corrected chi connectivity index (χ0v) is 17.0. The van der Waals surface area contributed by atoms with Crippen LogP contribution in [0.4, 0.5) is 0 Å². The summed E-state index contributed by atoms with van der Waals surface area (Å²) in [5, 5.41) is 9.42. The molecule has 0 N–H and O–H groups in total. The number of nitrogens with zero attached hydrogens (tertiary/aromatic N) is 3. The summed E-state index contributed by atoms with van der Waals surface area (Å²) < 4.78 is 2.33. The fourth-order valence-corrected chi connectivity index (χ4v) is 3.28. The van der Waals surface area contributed by atoms with Gasteiger partial charge in [-0.2, -0.15) is 5.26 Å². The minimum atomic E-state index is -0.0464. The Morgan fingerprint density at radius 1 is 1.08 bits per heavy atom. The Labute approximate surface area is 152 Å². The van der Waals surface area contributed by atoms with Gasteiger partial charge < -0.3 is 4.57 Å². The molecular formula is C22H31N3. The highest BCUT2D eigenvalue weighted by Gasteiger charge is 2.21. The van der Waals surface area contributed by atoms with Gasteiger partial charge in [0.2, 0.25) is 0 Å². The highest BCUT2D eigenvalue weighted by molar-refractivity contribution is 5.44. The molecule has 1 aromatic carbocycles. The lowest BCUT2D eigenvalue weighted by atomic mass is 9.83. The highest BCUT2D eigenvalue weighted by atomic mass is 15.1. The van der Waals surface area contributed by atoms with E-state index in [0.717, 1.165) is 35.6 Å². The molecule has 0 fully saturated rings. The van der Waals surface area contributed by atoms with E-state index in [1.54, 1.807) is 0 Å². The van der Waals surface area contributed by atoms with Crippen molar-refractivity contribution in [2.24, 2.45) is 5.41 Å². The van der Waals surface area contributed by atoms with E-state index in [-0.39, 0.29) is 10.8 Å². The van der Waals surface area contributed by atoms with Crippen molar-refractivity contribution >= 4 is 0 Å². The van der Waals surface area contributed by atoms with Crippen LogP contribution < -0.4 is 0 Å². The summed E-state index contributed by atoms with van der Waals surface area (Å²) in [5.41, 5.74) is 5.71. The molecule has 1 heterocycles. The molecule has 3 heteroatoms. The maximum atomic E-state index is 9.42. The van der Waals surface area contributed by atoms with Gasteiger partial charge in [0, 0.05) is 12.2 Å². The fourth-order valence-electron chi connectivity index (χ4n) is 3.28. The van der Waals surface area contributed by atoms with Crippen molar-refractivity contribution in [3.05, 3.63) is 52.1 Å². The normalized spacial score (nSPS) is 12.3. The van der Waals surface area contributed by atoms with E-state index in [9.17, 15) is 5.26 Å². The second kappa shape index (κ2) is 6.67. The molecule has 3 nitrogen and oxygen atoms in total. The number of hydrogen-bond acceptors (Lipinski definition) is 2. The summed E-state index contributed by atoms with van der Waals surface area (Å²) >= 11 is 0. The monoisotopic (exact) mass is 337 g/mol. The van der Waals surface area contributed by atoms with Crippen molar-refractivity contribution in [3.63, 3.8) is 0 Å². The van der Waals surface area contributed by atoms with Gasteiger partial charge in [-0.3, -0.25) is 0 Å². The summed E-state index contributed by atoms with van der Waals surface area (Å²) in [6.45, 7) is 18.2. The average Bonchev–Trinajstić information content (AvgIpc) is 2.71. The summed E-state index contributed by atoms with van der Waals surface area (Å²) in [5.74, 6) is 1.05. The van der Waals surface area contributed by atoms with Crippen LogP contribution in [-0.4, -0.2) is 9.55 Å². The van der Waals surface area contributed by atoms with E-state index < -0.39 is 0 Å². The zero-order chi connectivity index (χ0) is 19.0. The van der Waals surface area contributed by atoms with Gasteiger partial charge in [-0.15, -0.1) is 0 Å². The lowest BCUT2D eigenvalue weighted by Crippen LogP contribution is -2.17. The van der Waals surface area contributed by atoms with Crippen LogP contribution in [0.3, 0.4) is 0 Å². The van der Waals surface area contributed by atoms with Gasteiger partial charge in [-0.25, -0.2) is 4.98 Å². The van der Waals surface area contributed by atoms with Crippen LogP contribution in [0.15, 0.2) is 18.2 Å². The third-order valence-corrected chi connectivity index (χ3v) is 4.51. The predicted molar refractivity (Wildman–Crippen MR) is 104 cm³/mol. The van der Waals surface area contributed by atoms with Gasteiger partial charge in [0.05, 0.1) is 17.3 Å². The maximum absolute atomic E-state index is 9.42. The molecule has 0 saturated heterocycles. The van der Waals surface area contributed by atoms with Gasteiger partial charge >= 0.3 is 0 Å². The first-order valence-corrected chi connectivity index (χ1v) is 8.98. The summed E-state index contributed by atoms with van der Waals surface area (Å²) in [4.78, 5) is 4.71. The van der Waals surface area contributed by atoms with Gasteiger partial charge in [-0.1, -0.05) is 53.7 Å². The van der Waals surface area contributed by atoms with Gasteiger partial charge in [0.15, 0.2) is 0 Å². The van der Waals surface area contributed by atoms with Crippen molar-refractivity contribution in [3.8, 4) is 6.07 Å². The Morgan fingerprint density at radius 2 is 1.72 bits per heavy atom. The molecule has 0 aliphatic heterocycles. The van der Waals surface area contributed by atoms with Crippen molar-refractivity contribution < 1.29 is 0 Å². The SMILES string of the molecule is Cc1nc(C)n(Cc2ccc(C#N)c(C(C)(C)C)c2)c1CC(C)(C)C. The van der Waals surface area contributed by atoms with Crippen molar-refractivity contribution in [2.75, 3.05) is 0 Å². The summed E-state index contributed by atoms with van der Waals surface area (Å²) in [7, 11) is 0. The van der Waals surface area contributed by atoms with E-state index in [0.29, 0.717) is 0 Å². The molecule has 0 aliphatic carbocycles. The molecular weight excluding hydrogens is 306 g/mol. The third kappa shape index (κ3) is 4.51. The Balaban J connectivity index is 2.46. The van der Waals surface area contributed by atoms with E-state index in [4.69, 9.17) is 4.98 Å². The molecule has 0 aliphatic rings. The smallest absolute Gasteiger partial charge is 0.106 e. The van der Waals surface area contributed by atoms with Crippen molar-refractivity contribution in [1.29, 1.82) is 5.26 Å². The largest absolute Gasteiger partial charge is 0.328 e. The second-order valence-corrected chi connectivity index (χ2v) is 9.26. The Kier molecular flexibility index (Phi) is 5.14. The third-order valence-electron chi connectivity index (χ3n) is 4.51. The number of nitriles is 1. The summed E-state index contributed by atoms with van der Waals surface area (Å²) in [6.07, 6.45) is 1.00. The molecule has 0 bridgehead atoms. The first kappa shape index (κ1) is 19.2. The molecule has 0 atom stereocenters. The minimum absolute atomic E-state index is 0.0464. The Hall–Kier alpha value is -2.08. The molecule has 0 saturated carbocycles. The first-order chi connectivity index (χ1) is 11.4. The van der Waals surface area contributed by atoms with Crippen LogP contribution in [0.2, 0.25) is 0 Å². The van der Waals surface area contributed by atoms with Crippen LogP contribution >= 0.6 is 0 Å². The van der Waals surface area contributed by atoms with E-state index in [2.05, 4.69) is 78.2 Å². The fraction of sp³-hybridized carbons (Fsp3) is 0.545. The Morgan fingerprint density at radius 3 is 2.24 bits per heavy atom. The van der Waals surface area contributed by atoms with Gasteiger partial charge in [0.1, 0.15) is 5.82 Å². The van der Waals surface area contributed by atoms with Crippen LogP contribution in [0.25, 0.3) is 0 Å². The van der Waals surface area contributed by atoms with Crippen LogP contribution in [0.5, 0.6) is 0 Å². The lowest BCUT2D eigenvalue weighted by molar-refractivity contribution is 0.397. The van der Waals surface area contributed by atoms with E-state index in [1.165, 1.54) is 11.3 Å². The quantitative estimate of drug-likeness (QED) is 0.762. The second-order valence-electron chi connectivity index (χ2n) is 9.26. The molecule has 2 rings (SSSR count). The molecule has 25 heavy (non-hydrogen) atoms. The minimum Gasteiger partial charge on any atom is -0.328 e. The van der Waals surface area contributed by atoms with Crippen LogP contribution in [-0.2, 0) is 18.4 Å². The average molecular weight is 338 g/mol. The predicted octanol–water partition coefficient (Wildman–Crippen LogP) is 5.31. The number of imidazole rings is 1. The van der Waals surface area contributed by atoms with Crippen molar-refractivity contribution in [2.45, 2.75) is 73.8 Å². The van der Waals surface area contributed by atoms with E-state index in [1.807, 2.05) is 6.07 Å². The molecule has 1 aromatic heterocycles. The number of hydrogen-bond donors (Lipinski definition) is 0. The number of benzene rings is 1. The maximum Gasteiger partial charge on any atom is 0.106 e. The highest BCUT2D eigenvalue weighted by Crippen LogP contribution is 2.28. The molecule has 0 amide bonds. The summed E-state index contributed by atoms with van der Waals surface area (Å²) in [6, 6.07) is 8.55. The standard InChI is InChI=1S/C22H31N3/c1-15-20(12-21(3,4)5)25(16(2)24-15)14-17-9-10-18(13-23)19(11-17)22(6,7)8/h9-11H,12,14H2,1-8H3. The number of aryl methyl sites for hydroxylation is 2. The topological polar surface area (TPSA) is 41.6 Å². The molecule has 0 spiro atoms. The van der Waals surface area contributed by atoms with Gasteiger partial charge in [0.25, 0.3) is 0 Å². The molecule has 134 valence electrons. The van der Waals surface area contributed by atoms with E-state index >= 15 is 0 Å². The molecule has 2 aromatic rings. The van der Waals surface area contributed by atoms with Crippen molar-refractivity contribution in [1.82, 2.24) is 9.55 Å². The molecule has 0 unspecified atom stereocenters. The molecule has 0 radical (unpaired) electrons. The zero-order valence-electron chi connectivity index (χ0n) is 17.0. The van der Waals surface area contributed by atoms with Crippen LogP contribution in [0, 0.1) is 30.6 Å². The van der Waals surface area contributed by atoms with Crippen LogP contribution in [0.1, 0.15) is 75.4 Å². The Bertz CT molecular complexity index is 806. The van der Waals surface area contributed by atoms with Gasteiger partial charge in [-0.05, 0) is 48.3 Å².